The molecule has 0 bridgehead atoms. The minimum atomic E-state index is -1.27. The van der Waals surface area contributed by atoms with E-state index in [-0.39, 0.29) is 6.54 Å². The highest BCUT2D eigenvalue weighted by molar-refractivity contribution is 6.07. The van der Waals surface area contributed by atoms with Gasteiger partial charge in [-0.25, -0.2) is 9.59 Å². The van der Waals surface area contributed by atoms with Crippen molar-refractivity contribution in [1.29, 1.82) is 0 Å². The van der Waals surface area contributed by atoms with Crippen LogP contribution in [-0.2, 0) is 16.9 Å². The molecule has 2 aliphatic heterocycles. The van der Waals surface area contributed by atoms with E-state index < -0.39 is 23.1 Å². The number of fused-ring (bicyclic) bond motifs is 2. The lowest BCUT2D eigenvalue weighted by atomic mass is 9.91. The van der Waals surface area contributed by atoms with E-state index in [0.29, 0.717) is 46.8 Å². The average molecular weight is 434 g/mol. The fourth-order valence-electron chi connectivity index (χ4n) is 4.22. The van der Waals surface area contributed by atoms with Gasteiger partial charge in [-0.3, -0.25) is 9.69 Å². The van der Waals surface area contributed by atoms with Crippen LogP contribution in [0.3, 0.4) is 0 Å². The number of carbonyl (C=O) groups excluding carboxylic acids is 2. The maximum Gasteiger partial charge on any atom is 0.336 e. The molecule has 0 spiro atoms. The molecule has 1 saturated heterocycles. The highest BCUT2D eigenvalue weighted by atomic mass is 16.6. The minimum absolute atomic E-state index is 0.0462. The van der Waals surface area contributed by atoms with Crippen molar-refractivity contribution in [1.82, 2.24) is 10.2 Å². The van der Waals surface area contributed by atoms with E-state index in [1.807, 2.05) is 26.0 Å². The van der Waals surface area contributed by atoms with Crippen LogP contribution in [0.4, 0.5) is 4.79 Å². The van der Waals surface area contributed by atoms with Crippen LogP contribution in [0.25, 0.3) is 11.0 Å². The first kappa shape index (κ1) is 20.1. The van der Waals surface area contributed by atoms with Gasteiger partial charge in [0.25, 0.3) is 5.91 Å². The molecule has 8 nitrogen and oxygen atoms in total. The zero-order chi connectivity index (χ0) is 22.6. The standard InChI is InChI=1S/C24H22N2O6/c1-13-4-6-17-15(10-20(27)32-21(17)14(13)2)12-26-22(28)24(3,25-23(26)29)16-5-7-18-19(11-16)31-9-8-30-18/h4-7,10-11H,8-9,12H2,1-3H3,(H,25,29). The normalized spacial score (nSPS) is 20.0. The second-order valence-corrected chi connectivity index (χ2v) is 8.28. The van der Waals surface area contributed by atoms with Gasteiger partial charge in [0.1, 0.15) is 24.3 Å². The number of nitrogens with zero attached hydrogens (tertiary/aromatic N) is 1. The van der Waals surface area contributed by atoms with E-state index in [4.69, 9.17) is 13.9 Å². The molecule has 1 atom stereocenters. The van der Waals surface area contributed by atoms with Gasteiger partial charge in [-0.05, 0) is 55.2 Å². The van der Waals surface area contributed by atoms with Gasteiger partial charge in [-0.15, -0.1) is 0 Å². The number of hydrogen-bond donors (Lipinski definition) is 1. The van der Waals surface area contributed by atoms with Crippen LogP contribution in [0.1, 0.15) is 29.2 Å². The number of amides is 3. The van der Waals surface area contributed by atoms with Gasteiger partial charge >= 0.3 is 11.7 Å². The van der Waals surface area contributed by atoms with Crippen molar-refractivity contribution < 1.29 is 23.5 Å². The lowest BCUT2D eigenvalue weighted by molar-refractivity contribution is -0.131. The van der Waals surface area contributed by atoms with Gasteiger partial charge in [-0.2, -0.15) is 0 Å². The number of hydrogen-bond acceptors (Lipinski definition) is 6. The van der Waals surface area contributed by atoms with Gasteiger partial charge in [0.05, 0.1) is 6.54 Å². The smallest absolute Gasteiger partial charge is 0.336 e. The summed E-state index contributed by atoms with van der Waals surface area (Å²) in [5, 5.41) is 3.49. The predicted molar refractivity (Wildman–Crippen MR) is 116 cm³/mol. The molecule has 0 aliphatic carbocycles. The first-order valence-electron chi connectivity index (χ1n) is 10.3. The summed E-state index contributed by atoms with van der Waals surface area (Å²) >= 11 is 0. The van der Waals surface area contributed by atoms with Crippen LogP contribution in [0.2, 0.25) is 0 Å². The van der Waals surface area contributed by atoms with Crippen molar-refractivity contribution in [3.63, 3.8) is 0 Å². The Labute approximate surface area is 183 Å². The number of urea groups is 1. The highest BCUT2D eigenvalue weighted by Crippen LogP contribution is 2.37. The summed E-state index contributed by atoms with van der Waals surface area (Å²) in [7, 11) is 0. The van der Waals surface area contributed by atoms with Crippen molar-refractivity contribution in [2.45, 2.75) is 32.9 Å². The molecule has 2 aliphatic rings. The quantitative estimate of drug-likeness (QED) is 0.502. The fourth-order valence-corrected chi connectivity index (χ4v) is 4.22. The summed E-state index contributed by atoms with van der Waals surface area (Å²) in [4.78, 5) is 39.6. The van der Waals surface area contributed by atoms with Crippen molar-refractivity contribution in [2.24, 2.45) is 0 Å². The number of rotatable bonds is 3. The first-order valence-corrected chi connectivity index (χ1v) is 10.3. The molecule has 164 valence electrons. The zero-order valence-electron chi connectivity index (χ0n) is 18.0. The maximum atomic E-state index is 13.4. The summed E-state index contributed by atoms with van der Waals surface area (Å²) in [6, 6.07) is 9.76. The number of carbonyl (C=O) groups is 2. The molecule has 8 heteroatoms. The Hall–Kier alpha value is -3.81. The van der Waals surface area contributed by atoms with Crippen LogP contribution in [0, 0.1) is 13.8 Å². The van der Waals surface area contributed by atoms with E-state index in [9.17, 15) is 14.4 Å². The largest absolute Gasteiger partial charge is 0.486 e. The van der Waals surface area contributed by atoms with Crippen LogP contribution < -0.4 is 20.4 Å². The molecule has 1 unspecified atom stereocenters. The molecule has 1 fully saturated rings. The SMILES string of the molecule is Cc1ccc2c(CN3C(=O)NC(C)(c4ccc5c(c4)OCCO5)C3=O)cc(=O)oc2c1C. The predicted octanol–water partition coefficient (Wildman–Crippen LogP) is 3.15. The molecule has 3 aromatic rings. The molecule has 32 heavy (non-hydrogen) atoms. The molecule has 3 heterocycles. The molecular weight excluding hydrogens is 412 g/mol. The third kappa shape index (κ3) is 3.02. The molecule has 1 N–H and O–H groups in total. The molecule has 5 rings (SSSR count). The molecule has 0 radical (unpaired) electrons. The third-order valence-corrected chi connectivity index (χ3v) is 6.24. The van der Waals surface area contributed by atoms with Crippen LogP contribution in [-0.4, -0.2) is 30.1 Å². The van der Waals surface area contributed by atoms with Crippen LogP contribution in [0.5, 0.6) is 11.5 Å². The molecule has 0 saturated carbocycles. The summed E-state index contributed by atoms with van der Waals surface area (Å²) in [5.41, 5.74) is 1.64. The molecule has 1 aromatic heterocycles. The number of imide groups is 1. The Morgan fingerprint density at radius 2 is 1.75 bits per heavy atom. The van der Waals surface area contributed by atoms with E-state index >= 15 is 0 Å². The van der Waals surface area contributed by atoms with Crippen molar-refractivity contribution in [3.05, 3.63) is 69.1 Å². The lowest BCUT2D eigenvalue weighted by Gasteiger charge is -2.25. The van der Waals surface area contributed by atoms with E-state index in [1.54, 1.807) is 25.1 Å². The second-order valence-electron chi connectivity index (χ2n) is 8.28. The summed E-state index contributed by atoms with van der Waals surface area (Å²) in [6.07, 6.45) is 0. The topological polar surface area (TPSA) is 98.1 Å². The molecule has 3 amide bonds. The number of ether oxygens (including phenoxy) is 2. The summed E-state index contributed by atoms with van der Waals surface area (Å²) in [5.74, 6) is 0.725. The first-order chi connectivity index (χ1) is 15.3. The zero-order valence-corrected chi connectivity index (χ0v) is 18.0. The average Bonchev–Trinajstić information content (AvgIpc) is 3.00. The van der Waals surface area contributed by atoms with Crippen molar-refractivity contribution in [2.75, 3.05) is 13.2 Å². The highest BCUT2D eigenvalue weighted by Gasteiger charge is 2.49. The second kappa shape index (κ2) is 7.12. The maximum absolute atomic E-state index is 13.4. The van der Waals surface area contributed by atoms with E-state index in [0.717, 1.165) is 16.0 Å². The third-order valence-electron chi connectivity index (χ3n) is 6.24. The van der Waals surface area contributed by atoms with Gasteiger partial charge < -0.3 is 19.2 Å². The van der Waals surface area contributed by atoms with E-state index in [1.165, 1.54) is 6.07 Å². The van der Waals surface area contributed by atoms with Gasteiger partial charge in [0, 0.05) is 11.5 Å². The van der Waals surface area contributed by atoms with Gasteiger partial charge in [0.15, 0.2) is 11.5 Å². The van der Waals surface area contributed by atoms with Crippen molar-refractivity contribution >= 4 is 22.9 Å². The Morgan fingerprint density at radius 1 is 1.00 bits per heavy atom. The van der Waals surface area contributed by atoms with Crippen LogP contribution >= 0.6 is 0 Å². The van der Waals surface area contributed by atoms with Crippen LogP contribution in [0.15, 0.2) is 45.6 Å². The molecular formula is C24H22N2O6. The fraction of sp³-hybridized carbons (Fsp3) is 0.292. The minimum Gasteiger partial charge on any atom is -0.486 e. The Kier molecular flexibility index (Phi) is 4.47. The summed E-state index contributed by atoms with van der Waals surface area (Å²) < 4.78 is 16.6. The van der Waals surface area contributed by atoms with Gasteiger partial charge in [-0.1, -0.05) is 18.2 Å². The monoisotopic (exact) mass is 434 g/mol. The Morgan fingerprint density at radius 3 is 2.53 bits per heavy atom. The number of benzene rings is 2. The Bertz CT molecular complexity index is 1340. The number of nitrogens with one attached hydrogen (secondary N) is 1. The van der Waals surface area contributed by atoms with Crippen molar-refractivity contribution in [3.8, 4) is 11.5 Å². The lowest BCUT2D eigenvalue weighted by Crippen LogP contribution is -2.41. The number of aryl methyl sites for hydroxylation is 2. The Balaban J connectivity index is 1.52. The summed E-state index contributed by atoms with van der Waals surface area (Å²) in [6.45, 7) is 6.29. The molecule has 2 aromatic carbocycles. The van der Waals surface area contributed by atoms with E-state index in [2.05, 4.69) is 5.32 Å². The van der Waals surface area contributed by atoms with Gasteiger partial charge in [0.2, 0.25) is 0 Å².